The van der Waals surface area contributed by atoms with Gasteiger partial charge in [-0.3, -0.25) is 9.89 Å². The highest BCUT2D eigenvalue weighted by Crippen LogP contribution is 2.25. The van der Waals surface area contributed by atoms with Gasteiger partial charge in [-0.05, 0) is 24.6 Å². The van der Waals surface area contributed by atoms with E-state index in [1.54, 1.807) is 32.1 Å². The van der Waals surface area contributed by atoms with Gasteiger partial charge in [0.15, 0.2) is 5.96 Å². The second-order valence-electron chi connectivity index (χ2n) is 6.82. The Hall–Kier alpha value is -2.03. The van der Waals surface area contributed by atoms with Crippen molar-refractivity contribution in [3.8, 4) is 0 Å². The van der Waals surface area contributed by atoms with Gasteiger partial charge in [0.05, 0.1) is 5.69 Å². The van der Waals surface area contributed by atoms with Crippen LogP contribution in [0.2, 0.25) is 0 Å². The molecule has 0 saturated carbocycles. The molecule has 0 bridgehead atoms. The molecular formula is C18H27F4N5. The number of hydrogen-bond donors (Lipinski definition) is 1. The number of rotatable bonds is 4. The van der Waals surface area contributed by atoms with Crippen LogP contribution in [0, 0.1) is 5.82 Å². The molecule has 1 N–H and O–H groups in total. The fourth-order valence-corrected chi connectivity index (χ4v) is 3.06. The van der Waals surface area contributed by atoms with Gasteiger partial charge in [0.2, 0.25) is 0 Å². The molecule has 0 amide bonds. The summed E-state index contributed by atoms with van der Waals surface area (Å²) in [4.78, 5) is 9.25. The predicted octanol–water partition coefficient (Wildman–Crippen LogP) is 2.54. The average Bonchev–Trinajstić information content (AvgIpc) is 2.61. The van der Waals surface area contributed by atoms with Crippen LogP contribution in [-0.4, -0.2) is 75.3 Å². The lowest BCUT2D eigenvalue weighted by molar-refractivity contribution is -0.181. The molecule has 0 spiro atoms. The molecule has 1 unspecified atom stereocenters. The van der Waals surface area contributed by atoms with Crippen molar-refractivity contribution in [2.45, 2.75) is 25.7 Å². The van der Waals surface area contributed by atoms with Crippen molar-refractivity contribution in [1.29, 1.82) is 0 Å². The number of alkyl halides is 3. The molecule has 1 aliphatic rings. The van der Waals surface area contributed by atoms with Gasteiger partial charge in [-0.2, -0.15) is 13.2 Å². The molecule has 1 aliphatic heterocycles. The van der Waals surface area contributed by atoms with Crippen LogP contribution in [0.3, 0.4) is 0 Å². The van der Waals surface area contributed by atoms with E-state index in [0.717, 1.165) is 5.56 Å². The molecule has 1 saturated heterocycles. The Kier molecular flexibility index (Phi) is 6.91. The molecule has 0 radical (unpaired) electrons. The number of aliphatic imine (C=N–C) groups is 1. The summed E-state index contributed by atoms with van der Waals surface area (Å²) in [7, 11) is 5.18. The van der Waals surface area contributed by atoms with Gasteiger partial charge in [-0.1, -0.05) is 6.07 Å². The lowest BCUT2D eigenvalue weighted by Gasteiger charge is -2.39. The Labute approximate surface area is 157 Å². The maximum Gasteiger partial charge on any atom is 0.403 e. The molecule has 1 fully saturated rings. The molecule has 5 nitrogen and oxygen atoms in total. The third-order valence-electron chi connectivity index (χ3n) is 4.79. The average molecular weight is 389 g/mol. The van der Waals surface area contributed by atoms with Crippen molar-refractivity contribution < 1.29 is 17.6 Å². The zero-order chi connectivity index (χ0) is 20.2. The monoisotopic (exact) mass is 389 g/mol. The first-order valence-electron chi connectivity index (χ1n) is 8.85. The van der Waals surface area contributed by atoms with Gasteiger partial charge in [0, 0.05) is 53.9 Å². The van der Waals surface area contributed by atoms with Crippen molar-refractivity contribution in [3.63, 3.8) is 0 Å². The van der Waals surface area contributed by atoms with Crippen molar-refractivity contribution in [3.05, 3.63) is 29.6 Å². The van der Waals surface area contributed by atoms with E-state index in [2.05, 4.69) is 10.3 Å². The third kappa shape index (κ3) is 5.47. The van der Waals surface area contributed by atoms with Gasteiger partial charge in [0.25, 0.3) is 0 Å². The molecule has 1 atom stereocenters. The molecule has 27 heavy (non-hydrogen) atoms. The molecular weight excluding hydrogens is 362 g/mol. The lowest BCUT2D eigenvalue weighted by atomic mass is 10.2. The number of nitrogens with one attached hydrogen (secondary N) is 1. The highest BCUT2D eigenvalue weighted by atomic mass is 19.4. The van der Waals surface area contributed by atoms with Crippen LogP contribution in [-0.2, 0) is 6.54 Å². The number of benzene rings is 1. The lowest BCUT2D eigenvalue weighted by Crippen LogP contribution is -2.56. The number of guanidine groups is 1. The molecule has 0 aliphatic carbocycles. The summed E-state index contributed by atoms with van der Waals surface area (Å²) in [5.41, 5.74) is 1.28. The van der Waals surface area contributed by atoms with Crippen LogP contribution >= 0.6 is 0 Å². The Bertz CT molecular complexity index is 652. The van der Waals surface area contributed by atoms with Crippen molar-refractivity contribution >= 4 is 11.6 Å². The van der Waals surface area contributed by atoms with Crippen LogP contribution in [0.15, 0.2) is 23.2 Å². The topological polar surface area (TPSA) is 34.1 Å². The fraction of sp³-hybridized carbons (Fsp3) is 0.611. The highest BCUT2D eigenvalue weighted by Gasteiger charge is 2.41. The summed E-state index contributed by atoms with van der Waals surface area (Å²) >= 11 is 0. The number of halogens is 4. The summed E-state index contributed by atoms with van der Waals surface area (Å²) in [6, 6.07) is 3.57. The maximum atomic E-state index is 14.1. The largest absolute Gasteiger partial charge is 0.403 e. The second-order valence-corrected chi connectivity index (χ2v) is 6.82. The minimum atomic E-state index is -4.22. The van der Waals surface area contributed by atoms with E-state index in [0.29, 0.717) is 44.4 Å². The first-order valence-corrected chi connectivity index (χ1v) is 8.85. The standard InChI is InChI=1S/C18H27F4N5/c1-13(18(20,21)22)26-7-9-27(10-8-26)17(23-2)24-12-14-5-6-16(25(3)4)15(19)11-14/h5-6,11,13H,7-10,12H2,1-4H3,(H,23,24). The molecule has 1 aromatic rings. The Morgan fingerprint density at radius 3 is 2.33 bits per heavy atom. The van der Waals surface area contributed by atoms with E-state index in [1.807, 2.05) is 11.0 Å². The summed E-state index contributed by atoms with van der Waals surface area (Å²) in [5, 5.41) is 3.16. The Morgan fingerprint density at radius 2 is 1.85 bits per heavy atom. The van der Waals surface area contributed by atoms with E-state index in [9.17, 15) is 17.6 Å². The summed E-state index contributed by atoms with van der Waals surface area (Å²) < 4.78 is 52.6. The molecule has 9 heteroatoms. The molecule has 1 heterocycles. The van der Waals surface area contributed by atoms with Crippen molar-refractivity contribution in [2.75, 3.05) is 52.2 Å². The first kappa shape index (κ1) is 21.3. The van der Waals surface area contributed by atoms with E-state index in [-0.39, 0.29) is 5.82 Å². The number of piperazine rings is 1. The van der Waals surface area contributed by atoms with Gasteiger partial charge in [0.1, 0.15) is 11.9 Å². The van der Waals surface area contributed by atoms with Crippen LogP contribution in [0.25, 0.3) is 0 Å². The molecule has 2 rings (SSSR count). The van der Waals surface area contributed by atoms with Crippen LogP contribution in [0.5, 0.6) is 0 Å². The van der Waals surface area contributed by atoms with E-state index in [1.165, 1.54) is 17.9 Å². The minimum absolute atomic E-state index is 0.302. The van der Waals surface area contributed by atoms with Gasteiger partial charge >= 0.3 is 6.18 Å². The van der Waals surface area contributed by atoms with Crippen LogP contribution in [0.1, 0.15) is 12.5 Å². The van der Waals surface area contributed by atoms with Gasteiger partial charge < -0.3 is 15.1 Å². The van der Waals surface area contributed by atoms with Crippen LogP contribution in [0.4, 0.5) is 23.2 Å². The van der Waals surface area contributed by atoms with E-state index >= 15 is 0 Å². The quantitative estimate of drug-likeness (QED) is 0.488. The molecule has 0 aromatic heterocycles. The van der Waals surface area contributed by atoms with Crippen molar-refractivity contribution in [1.82, 2.24) is 15.1 Å². The predicted molar refractivity (Wildman–Crippen MR) is 99.6 cm³/mol. The summed E-state index contributed by atoms with van der Waals surface area (Å²) in [6.07, 6.45) is -4.22. The van der Waals surface area contributed by atoms with Gasteiger partial charge in [-0.15, -0.1) is 0 Å². The molecule has 152 valence electrons. The highest BCUT2D eigenvalue weighted by molar-refractivity contribution is 5.80. The number of anilines is 1. The van der Waals surface area contributed by atoms with Gasteiger partial charge in [-0.25, -0.2) is 4.39 Å². The Morgan fingerprint density at radius 1 is 1.22 bits per heavy atom. The van der Waals surface area contributed by atoms with E-state index in [4.69, 9.17) is 0 Å². The van der Waals surface area contributed by atoms with E-state index < -0.39 is 12.2 Å². The maximum absolute atomic E-state index is 14.1. The third-order valence-corrected chi connectivity index (χ3v) is 4.79. The minimum Gasteiger partial charge on any atom is -0.375 e. The zero-order valence-electron chi connectivity index (χ0n) is 16.1. The Balaban J connectivity index is 1.91. The van der Waals surface area contributed by atoms with Crippen LogP contribution < -0.4 is 10.2 Å². The smallest absolute Gasteiger partial charge is 0.375 e. The van der Waals surface area contributed by atoms with Crippen molar-refractivity contribution in [2.24, 2.45) is 4.99 Å². The normalized spacial score (nSPS) is 17.8. The molecule has 1 aromatic carbocycles. The SMILES string of the molecule is CN=C(NCc1ccc(N(C)C)c(F)c1)N1CCN(C(C)C(F)(F)F)CC1. The zero-order valence-corrected chi connectivity index (χ0v) is 16.1. The second kappa shape index (κ2) is 8.77. The summed E-state index contributed by atoms with van der Waals surface area (Å²) in [5.74, 6) is 0.301. The first-order chi connectivity index (χ1) is 12.6. The fourth-order valence-electron chi connectivity index (χ4n) is 3.06. The number of nitrogens with zero attached hydrogens (tertiary/aromatic N) is 4. The summed E-state index contributed by atoms with van der Waals surface area (Å²) in [6.45, 7) is 3.11. The number of hydrogen-bond acceptors (Lipinski definition) is 3.